The predicted octanol–water partition coefficient (Wildman–Crippen LogP) is 4.41. The molecule has 4 heteroatoms. The van der Waals surface area contributed by atoms with Crippen LogP contribution in [0.4, 0.5) is 0 Å². The third-order valence-electron chi connectivity index (χ3n) is 3.74. The molecule has 0 fully saturated rings. The van der Waals surface area contributed by atoms with Gasteiger partial charge >= 0.3 is 0 Å². The number of hydrogen-bond donors (Lipinski definition) is 0. The first-order valence-corrected chi connectivity index (χ1v) is 7.66. The van der Waals surface area contributed by atoms with E-state index in [0.29, 0.717) is 0 Å². The Hall–Kier alpha value is -3.40. The largest absolute Gasteiger partial charge is 0.253 e. The number of hydrogen-bond acceptors (Lipinski definition) is 4. The Morgan fingerprint density at radius 1 is 0.458 bits per heavy atom. The molecule has 24 heavy (non-hydrogen) atoms. The van der Waals surface area contributed by atoms with Crippen LogP contribution < -0.4 is 0 Å². The van der Waals surface area contributed by atoms with Crippen molar-refractivity contribution in [1.29, 1.82) is 0 Å². The van der Waals surface area contributed by atoms with Crippen molar-refractivity contribution in [1.82, 2.24) is 19.9 Å². The van der Waals surface area contributed by atoms with Gasteiger partial charge in [0.05, 0.1) is 22.1 Å². The molecule has 0 aliphatic heterocycles. The Morgan fingerprint density at radius 2 is 1.04 bits per heavy atom. The van der Waals surface area contributed by atoms with E-state index < -0.39 is 0 Å². The molecule has 0 radical (unpaired) electrons. The van der Waals surface area contributed by atoms with Gasteiger partial charge in [-0.3, -0.25) is 19.9 Å². The molecular weight excluding hydrogens is 296 g/mol. The van der Waals surface area contributed by atoms with Crippen molar-refractivity contribution in [2.24, 2.45) is 0 Å². The summed E-state index contributed by atoms with van der Waals surface area (Å²) in [4.78, 5) is 16.9. The minimum Gasteiger partial charge on any atom is -0.253 e. The highest BCUT2D eigenvalue weighted by Gasteiger charge is 1.99. The number of para-hydroxylation sites is 2. The third-order valence-corrected chi connectivity index (χ3v) is 3.74. The SMILES string of the molecule is c1ccc2c(c1)ccc1nccnc12.c1ccc2nccnc2c1. The molecule has 2 aromatic heterocycles. The summed E-state index contributed by atoms with van der Waals surface area (Å²) in [5, 5.41) is 2.37. The molecule has 5 rings (SSSR count). The fraction of sp³-hybridized carbons (Fsp3) is 0. The van der Waals surface area contributed by atoms with Crippen LogP contribution in [-0.2, 0) is 0 Å². The second-order valence-electron chi connectivity index (χ2n) is 5.26. The maximum atomic E-state index is 4.35. The number of nitrogens with zero attached hydrogens (tertiary/aromatic N) is 4. The molecule has 0 unspecified atom stereocenters. The van der Waals surface area contributed by atoms with Gasteiger partial charge in [0.15, 0.2) is 0 Å². The molecule has 0 bridgehead atoms. The summed E-state index contributed by atoms with van der Waals surface area (Å²) in [7, 11) is 0. The van der Waals surface area contributed by atoms with E-state index in [-0.39, 0.29) is 0 Å². The number of fused-ring (bicyclic) bond motifs is 4. The fourth-order valence-corrected chi connectivity index (χ4v) is 2.61. The molecule has 4 nitrogen and oxygen atoms in total. The molecule has 0 aliphatic rings. The van der Waals surface area contributed by atoms with Crippen molar-refractivity contribution in [3.63, 3.8) is 0 Å². The van der Waals surface area contributed by atoms with Gasteiger partial charge in [-0.2, -0.15) is 0 Å². The Balaban J connectivity index is 0.000000129. The van der Waals surface area contributed by atoms with Crippen LogP contribution in [0.5, 0.6) is 0 Å². The monoisotopic (exact) mass is 310 g/mol. The zero-order chi connectivity index (χ0) is 16.2. The lowest BCUT2D eigenvalue weighted by Crippen LogP contribution is -1.83. The van der Waals surface area contributed by atoms with E-state index in [0.717, 1.165) is 27.5 Å². The summed E-state index contributed by atoms with van der Waals surface area (Å²) in [5.41, 5.74) is 3.83. The Morgan fingerprint density at radius 3 is 1.79 bits per heavy atom. The highest BCUT2D eigenvalue weighted by molar-refractivity contribution is 6.03. The van der Waals surface area contributed by atoms with Gasteiger partial charge in [0.2, 0.25) is 0 Å². The van der Waals surface area contributed by atoms with E-state index >= 15 is 0 Å². The highest BCUT2D eigenvalue weighted by Crippen LogP contribution is 2.21. The van der Waals surface area contributed by atoms with E-state index in [1.807, 2.05) is 42.5 Å². The Kier molecular flexibility index (Phi) is 3.78. The molecule has 0 N–H and O–H groups in total. The Bertz CT molecular complexity index is 1000. The van der Waals surface area contributed by atoms with E-state index in [4.69, 9.17) is 0 Å². The summed E-state index contributed by atoms with van der Waals surface area (Å²) < 4.78 is 0. The minimum atomic E-state index is 0.949. The van der Waals surface area contributed by atoms with Crippen LogP contribution in [0.25, 0.3) is 32.8 Å². The van der Waals surface area contributed by atoms with Crippen molar-refractivity contribution < 1.29 is 0 Å². The summed E-state index contributed by atoms with van der Waals surface area (Å²) >= 11 is 0. The van der Waals surface area contributed by atoms with E-state index in [1.165, 1.54) is 5.39 Å². The zero-order valence-electron chi connectivity index (χ0n) is 12.9. The molecule has 2 heterocycles. The predicted molar refractivity (Wildman–Crippen MR) is 96.6 cm³/mol. The van der Waals surface area contributed by atoms with Crippen molar-refractivity contribution in [2.45, 2.75) is 0 Å². The summed E-state index contributed by atoms with van der Waals surface area (Å²) in [6, 6.07) is 20.1. The lowest BCUT2D eigenvalue weighted by molar-refractivity contribution is 1.29. The summed E-state index contributed by atoms with van der Waals surface area (Å²) in [6.45, 7) is 0. The smallest absolute Gasteiger partial charge is 0.0965 e. The van der Waals surface area contributed by atoms with Gasteiger partial charge in [0, 0.05) is 30.2 Å². The summed E-state index contributed by atoms with van der Waals surface area (Å²) in [6.07, 6.45) is 6.84. The first-order chi connectivity index (χ1) is 11.9. The second kappa shape index (κ2) is 6.38. The van der Waals surface area contributed by atoms with Crippen LogP contribution in [0, 0.1) is 0 Å². The molecule has 3 aromatic carbocycles. The van der Waals surface area contributed by atoms with Crippen LogP contribution in [0.15, 0.2) is 85.5 Å². The summed E-state index contributed by atoms with van der Waals surface area (Å²) in [5.74, 6) is 0. The number of aromatic nitrogens is 4. The quantitative estimate of drug-likeness (QED) is 0.397. The maximum Gasteiger partial charge on any atom is 0.0965 e. The zero-order valence-corrected chi connectivity index (χ0v) is 12.9. The highest BCUT2D eigenvalue weighted by atomic mass is 14.8. The number of benzene rings is 3. The van der Waals surface area contributed by atoms with Crippen LogP contribution >= 0.6 is 0 Å². The average Bonchev–Trinajstić information content (AvgIpc) is 2.68. The standard InChI is InChI=1S/C12H8N2.C8H6N2/c1-2-4-10-9(3-1)5-6-11-12(10)14-8-7-13-11;1-2-4-8-7(3-1)9-5-6-10-8/h1-8H;1-6H. The molecular formula is C20H14N4. The number of rotatable bonds is 0. The fourth-order valence-electron chi connectivity index (χ4n) is 2.61. The molecule has 0 spiro atoms. The van der Waals surface area contributed by atoms with Crippen LogP contribution in [-0.4, -0.2) is 19.9 Å². The topological polar surface area (TPSA) is 51.6 Å². The lowest BCUT2D eigenvalue weighted by atomic mass is 10.1. The minimum absolute atomic E-state index is 0.949. The van der Waals surface area contributed by atoms with Gasteiger partial charge in [-0.15, -0.1) is 0 Å². The van der Waals surface area contributed by atoms with Crippen LogP contribution in [0.3, 0.4) is 0 Å². The van der Waals surface area contributed by atoms with Gasteiger partial charge in [0.1, 0.15) is 0 Å². The molecule has 0 amide bonds. The first kappa shape index (κ1) is 14.2. The Labute approximate surface area is 138 Å². The van der Waals surface area contributed by atoms with Gasteiger partial charge in [-0.25, -0.2) is 0 Å². The van der Waals surface area contributed by atoms with E-state index in [1.54, 1.807) is 24.8 Å². The van der Waals surface area contributed by atoms with Gasteiger partial charge in [-0.1, -0.05) is 42.5 Å². The molecule has 0 saturated carbocycles. The van der Waals surface area contributed by atoms with Gasteiger partial charge in [-0.05, 0) is 23.6 Å². The van der Waals surface area contributed by atoms with Crippen molar-refractivity contribution in [3.05, 3.63) is 85.5 Å². The molecule has 5 aromatic rings. The first-order valence-electron chi connectivity index (χ1n) is 7.66. The third kappa shape index (κ3) is 2.77. The molecule has 0 atom stereocenters. The van der Waals surface area contributed by atoms with E-state index in [2.05, 4.69) is 38.1 Å². The molecule has 114 valence electrons. The maximum absolute atomic E-state index is 4.35. The van der Waals surface area contributed by atoms with Gasteiger partial charge < -0.3 is 0 Å². The molecule has 0 saturated heterocycles. The average molecular weight is 310 g/mol. The van der Waals surface area contributed by atoms with Crippen LogP contribution in [0.1, 0.15) is 0 Å². The van der Waals surface area contributed by atoms with Crippen molar-refractivity contribution in [3.8, 4) is 0 Å². The second-order valence-corrected chi connectivity index (χ2v) is 5.26. The normalized spacial score (nSPS) is 10.5. The lowest BCUT2D eigenvalue weighted by Gasteiger charge is -2.00. The van der Waals surface area contributed by atoms with Crippen molar-refractivity contribution in [2.75, 3.05) is 0 Å². The van der Waals surface area contributed by atoms with Crippen LogP contribution in [0.2, 0.25) is 0 Å². The van der Waals surface area contributed by atoms with Gasteiger partial charge in [0.25, 0.3) is 0 Å². The van der Waals surface area contributed by atoms with E-state index in [9.17, 15) is 0 Å². The van der Waals surface area contributed by atoms with Crippen molar-refractivity contribution >= 4 is 32.8 Å². The molecule has 0 aliphatic carbocycles.